The van der Waals surface area contributed by atoms with Gasteiger partial charge >= 0.3 is 39.5 Å². The topological polar surface area (TPSA) is 237 Å². The molecule has 19 heteroatoms. The zero-order valence-corrected chi connectivity index (χ0v) is 46.5. The SMILES string of the molecule is CCCCCCCCCCCC(=O)O[C@H](COC(=O)CCCCCCCCCC)COP(=O)(O)OC[C@@H](O)COP(=O)(O)OC[C@@H](COC(=O)CCCCCCCCC)OC(=O)CCCCCCCCC. The van der Waals surface area contributed by atoms with Gasteiger partial charge in [-0.05, 0) is 25.7 Å². The fourth-order valence-corrected chi connectivity index (χ4v) is 9.09. The van der Waals surface area contributed by atoms with Gasteiger partial charge < -0.3 is 33.8 Å². The minimum absolute atomic E-state index is 0.103. The second kappa shape index (κ2) is 47.8. The second-order valence-electron chi connectivity index (χ2n) is 18.9. The van der Waals surface area contributed by atoms with E-state index in [1.54, 1.807) is 0 Å². The van der Waals surface area contributed by atoms with Crippen LogP contribution in [0.5, 0.6) is 0 Å². The van der Waals surface area contributed by atoms with Crippen molar-refractivity contribution in [1.29, 1.82) is 0 Å². The second-order valence-corrected chi connectivity index (χ2v) is 21.8. The van der Waals surface area contributed by atoms with Gasteiger partial charge in [0, 0.05) is 25.7 Å². The first-order chi connectivity index (χ1) is 34.2. The summed E-state index contributed by atoms with van der Waals surface area (Å²) < 4.78 is 67.2. The molecule has 0 aliphatic heterocycles. The number of aliphatic hydroxyl groups excluding tert-OH is 1. The number of esters is 4. The highest BCUT2D eigenvalue weighted by molar-refractivity contribution is 7.47. The Bertz CT molecular complexity index is 1400. The highest BCUT2D eigenvalue weighted by Crippen LogP contribution is 2.45. The van der Waals surface area contributed by atoms with E-state index in [1.165, 1.54) is 51.4 Å². The number of phosphoric ester groups is 2. The maximum Gasteiger partial charge on any atom is 0.472 e. The van der Waals surface area contributed by atoms with Crippen LogP contribution in [-0.2, 0) is 65.4 Å². The third kappa shape index (κ3) is 47.5. The van der Waals surface area contributed by atoms with Crippen molar-refractivity contribution in [2.24, 2.45) is 0 Å². The average molecular weight is 1060 g/mol. The maximum absolute atomic E-state index is 12.8. The molecule has 2 unspecified atom stereocenters. The molecule has 0 aliphatic rings. The Hall–Kier alpha value is -1.94. The first kappa shape index (κ1) is 69.1. The summed E-state index contributed by atoms with van der Waals surface area (Å²) >= 11 is 0. The van der Waals surface area contributed by atoms with E-state index in [-0.39, 0.29) is 25.7 Å². The summed E-state index contributed by atoms with van der Waals surface area (Å²) in [5.74, 6) is -2.16. The molecule has 71 heavy (non-hydrogen) atoms. The third-order valence-electron chi connectivity index (χ3n) is 11.9. The Morgan fingerprint density at radius 3 is 0.831 bits per heavy atom. The van der Waals surface area contributed by atoms with E-state index in [2.05, 4.69) is 27.7 Å². The van der Waals surface area contributed by atoms with Crippen LogP contribution in [0, 0.1) is 0 Å². The smallest absolute Gasteiger partial charge is 0.462 e. The van der Waals surface area contributed by atoms with Crippen molar-refractivity contribution >= 4 is 39.5 Å². The van der Waals surface area contributed by atoms with Crippen LogP contribution in [-0.4, -0.2) is 96.7 Å². The van der Waals surface area contributed by atoms with Gasteiger partial charge in [-0.2, -0.15) is 0 Å². The molecule has 5 atom stereocenters. The summed E-state index contributed by atoms with van der Waals surface area (Å²) in [6.07, 6.45) is 28.3. The Kier molecular flexibility index (Phi) is 46.4. The highest BCUT2D eigenvalue weighted by Gasteiger charge is 2.30. The molecule has 0 amide bonds. The molecule has 420 valence electrons. The summed E-state index contributed by atoms with van der Waals surface area (Å²) in [6.45, 7) is 4.67. The van der Waals surface area contributed by atoms with Crippen LogP contribution in [0.2, 0.25) is 0 Å². The van der Waals surface area contributed by atoms with Gasteiger partial charge in [-0.15, -0.1) is 0 Å². The van der Waals surface area contributed by atoms with Gasteiger partial charge in [-0.25, -0.2) is 9.13 Å². The number of phosphoric acid groups is 2. The summed E-state index contributed by atoms with van der Waals surface area (Å²) in [4.78, 5) is 71.2. The number of hydrogen-bond donors (Lipinski definition) is 3. The molecule has 0 saturated heterocycles. The van der Waals surface area contributed by atoms with Crippen molar-refractivity contribution in [2.75, 3.05) is 39.6 Å². The molecule has 0 aromatic carbocycles. The van der Waals surface area contributed by atoms with Crippen LogP contribution in [0.3, 0.4) is 0 Å². The van der Waals surface area contributed by atoms with Crippen molar-refractivity contribution in [3.63, 3.8) is 0 Å². The number of aliphatic hydroxyl groups is 1. The van der Waals surface area contributed by atoms with Crippen molar-refractivity contribution in [1.82, 2.24) is 0 Å². The summed E-state index contributed by atoms with van der Waals surface area (Å²) in [7, 11) is -9.84. The fraction of sp³-hybridized carbons (Fsp3) is 0.923. The van der Waals surface area contributed by atoms with Gasteiger partial charge in [-0.3, -0.25) is 37.3 Å². The van der Waals surface area contributed by atoms with Crippen molar-refractivity contribution < 1.29 is 80.2 Å². The van der Waals surface area contributed by atoms with E-state index in [0.29, 0.717) is 25.7 Å². The summed E-state index contributed by atoms with van der Waals surface area (Å²) in [5, 5.41) is 10.4. The number of hydrogen-bond acceptors (Lipinski definition) is 15. The zero-order chi connectivity index (χ0) is 52.7. The quantitative estimate of drug-likeness (QED) is 0.0222. The number of carbonyl (C=O) groups is 4. The van der Waals surface area contributed by atoms with E-state index in [4.69, 9.17) is 37.0 Å². The molecular formula is C52H100O17P2. The normalized spacial score (nSPS) is 14.5. The molecule has 0 spiro atoms. The van der Waals surface area contributed by atoms with E-state index in [1.807, 2.05) is 0 Å². The van der Waals surface area contributed by atoms with E-state index >= 15 is 0 Å². The van der Waals surface area contributed by atoms with Crippen molar-refractivity contribution in [3.05, 3.63) is 0 Å². The molecule has 0 heterocycles. The predicted molar refractivity (Wildman–Crippen MR) is 275 cm³/mol. The molecule has 3 N–H and O–H groups in total. The lowest BCUT2D eigenvalue weighted by molar-refractivity contribution is -0.161. The number of ether oxygens (including phenoxy) is 4. The van der Waals surface area contributed by atoms with E-state index in [9.17, 15) is 43.2 Å². The molecular weight excluding hydrogens is 959 g/mol. The first-order valence-electron chi connectivity index (χ1n) is 27.8. The van der Waals surface area contributed by atoms with Gasteiger partial charge in [0.2, 0.25) is 0 Å². The predicted octanol–water partition coefficient (Wildman–Crippen LogP) is 13.3. The molecule has 0 rings (SSSR count). The van der Waals surface area contributed by atoms with Gasteiger partial charge in [0.25, 0.3) is 0 Å². The van der Waals surface area contributed by atoms with Gasteiger partial charge in [0.15, 0.2) is 12.2 Å². The van der Waals surface area contributed by atoms with Crippen LogP contribution in [0.4, 0.5) is 0 Å². The Morgan fingerprint density at radius 2 is 0.563 bits per heavy atom. The Morgan fingerprint density at radius 1 is 0.338 bits per heavy atom. The van der Waals surface area contributed by atoms with Crippen LogP contribution in [0.1, 0.15) is 252 Å². The van der Waals surface area contributed by atoms with E-state index < -0.39 is 97.5 Å². The first-order valence-corrected chi connectivity index (χ1v) is 30.8. The molecule has 0 aromatic rings. The number of unbranched alkanes of at least 4 members (excludes halogenated alkanes) is 27. The number of carbonyl (C=O) groups excluding carboxylic acids is 4. The van der Waals surface area contributed by atoms with E-state index in [0.717, 1.165) is 122 Å². The van der Waals surface area contributed by atoms with Gasteiger partial charge in [0.05, 0.1) is 26.4 Å². The molecule has 0 saturated carbocycles. The average Bonchev–Trinajstić information content (AvgIpc) is 3.34. The summed E-state index contributed by atoms with van der Waals surface area (Å²) in [6, 6.07) is 0. The molecule has 0 fully saturated rings. The lowest BCUT2D eigenvalue weighted by Gasteiger charge is -2.21. The van der Waals surface area contributed by atoms with Crippen LogP contribution >= 0.6 is 15.6 Å². The minimum atomic E-state index is -4.92. The minimum Gasteiger partial charge on any atom is -0.462 e. The van der Waals surface area contributed by atoms with Gasteiger partial charge in [-0.1, -0.05) is 201 Å². The lowest BCUT2D eigenvalue weighted by Crippen LogP contribution is -2.30. The largest absolute Gasteiger partial charge is 0.472 e. The summed E-state index contributed by atoms with van der Waals surface area (Å²) in [5.41, 5.74) is 0. The van der Waals surface area contributed by atoms with Crippen LogP contribution in [0.25, 0.3) is 0 Å². The third-order valence-corrected chi connectivity index (χ3v) is 13.8. The molecule has 0 aromatic heterocycles. The maximum atomic E-state index is 12.8. The van der Waals surface area contributed by atoms with Crippen molar-refractivity contribution in [2.45, 2.75) is 271 Å². The molecule has 0 radical (unpaired) electrons. The van der Waals surface area contributed by atoms with Crippen LogP contribution in [0.15, 0.2) is 0 Å². The highest BCUT2D eigenvalue weighted by atomic mass is 31.2. The number of rotatable bonds is 53. The van der Waals surface area contributed by atoms with Gasteiger partial charge in [0.1, 0.15) is 19.3 Å². The molecule has 17 nitrogen and oxygen atoms in total. The Balaban J connectivity index is 5.18. The van der Waals surface area contributed by atoms with Crippen LogP contribution < -0.4 is 0 Å². The standard InChI is InChI=1S/C52H100O17P2/c1-5-9-13-17-21-23-27-31-35-39-52(57)69-48(43-63-50(55)37-33-29-26-22-18-14-10-6-2)45-67-71(60,61)65-41-46(53)40-64-70(58,59)66-44-47(68-51(56)38-34-30-25-20-16-12-8-4)42-62-49(54)36-32-28-24-19-15-11-7-3/h46-48,53H,5-45H2,1-4H3,(H,58,59)(H,60,61)/t46-,47+,48+/m0/s1. The Labute approximate surface area is 428 Å². The molecule has 0 bridgehead atoms. The monoisotopic (exact) mass is 1060 g/mol. The van der Waals surface area contributed by atoms with Crippen molar-refractivity contribution in [3.8, 4) is 0 Å². The lowest BCUT2D eigenvalue weighted by atomic mass is 10.1. The molecule has 0 aliphatic carbocycles. The fourth-order valence-electron chi connectivity index (χ4n) is 7.51. The zero-order valence-electron chi connectivity index (χ0n) is 44.7.